The minimum Gasteiger partial charge on any atom is -0.316 e. The Kier molecular flexibility index (Phi) is 2.04. The lowest BCUT2D eigenvalue weighted by molar-refractivity contribution is 0.751. The molecule has 0 bridgehead atoms. The lowest BCUT2D eigenvalue weighted by atomic mass is 10.7. The van der Waals surface area contributed by atoms with E-state index in [1.807, 2.05) is 40.0 Å². The highest BCUT2D eigenvalue weighted by atomic mass is 15.5. The Labute approximate surface area is 76.8 Å². The van der Waals surface area contributed by atoms with Crippen LogP contribution in [0.1, 0.15) is 6.92 Å². The fraction of sp³-hybridized carbons (Fsp3) is 0.222. The summed E-state index contributed by atoms with van der Waals surface area (Å²) in [6.07, 6.45) is 7.62. The molecule has 0 unspecified atom stereocenters. The molecule has 13 heavy (non-hydrogen) atoms. The van der Waals surface area contributed by atoms with Crippen molar-refractivity contribution in [3.8, 4) is 0 Å². The van der Waals surface area contributed by atoms with Crippen LogP contribution in [-0.4, -0.2) is 14.2 Å². The Morgan fingerprint density at radius 2 is 2.08 bits per heavy atom. The van der Waals surface area contributed by atoms with E-state index >= 15 is 0 Å². The van der Waals surface area contributed by atoms with E-state index in [4.69, 9.17) is 0 Å². The van der Waals surface area contributed by atoms with E-state index in [-0.39, 0.29) is 0 Å². The summed E-state index contributed by atoms with van der Waals surface area (Å²) in [5, 5.41) is 0. The summed E-state index contributed by atoms with van der Waals surface area (Å²) in [6, 6.07) is 3.93. The van der Waals surface area contributed by atoms with Crippen molar-refractivity contribution >= 4 is 5.95 Å². The Morgan fingerprint density at radius 1 is 1.31 bits per heavy atom. The standard InChI is InChI=1S/C9H12N4/c1-2-12-8-5-10-9(12)11-13-6-3-4-7-13/h3-8H,2H2,1H3,(H,10,11). The number of anilines is 1. The van der Waals surface area contributed by atoms with Crippen LogP contribution in [0.25, 0.3) is 0 Å². The van der Waals surface area contributed by atoms with Crippen molar-refractivity contribution in [3.05, 3.63) is 36.9 Å². The number of aromatic nitrogens is 3. The van der Waals surface area contributed by atoms with Crippen LogP contribution in [0.3, 0.4) is 0 Å². The number of hydrogen-bond donors (Lipinski definition) is 1. The van der Waals surface area contributed by atoms with E-state index in [1.165, 1.54) is 0 Å². The van der Waals surface area contributed by atoms with Gasteiger partial charge in [-0.05, 0) is 19.1 Å². The number of imidazole rings is 1. The maximum absolute atomic E-state index is 4.19. The highest BCUT2D eigenvalue weighted by molar-refractivity contribution is 5.25. The van der Waals surface area contributed by atoms with Gasteiger partial charge in [0, 0.05) is 31.3 Å². The number of nitrogens with one attached hydrogen (secondary N) is 1. The zero-order valence-corrected chi connectivity index (χ0v) is 7.51. The topological polar surface area (TPSA) is 34.8 Å². The average molecular weight is 176 g/mol. The molecule has 0 saturated heterocycles. The molecule has 0 amide bonds. The minimum atomic E-state index is 0.860. The highest BCUT2D eigenvalue weighted by Crippen LogP contribution is 2.03. The number of nitrogens with zero attached hydrogens (tertiary/aromatic N) is 3. The molecule has 2 rings (SSSR count). The first-order valence-electron chi connectivity index (χ1n) is 4.31. The third-order valence-electron chi connectivity index (χ3n) is 1.89. The first-order chi connectivity index (χ1) is 6.40. The van der Waals surface area contributed by atoms with Gasteiger partial charge in [0.1, 0.15) is 0 Å². The molecule has 0 aliphatic carbocycles. The number of rotatable bonds is 3. The van der Waals surface area contributed by atoms with Crippen LogP contribution in [0, 0.1) is 0 Å². The third kappa shape index (κ3) is 1.56. The quantitative estimate of drug-likeness (QED) is 0.770. The van der Waals surface area contributed by atoms with Gasteiger partial charge in [-0.3, -0.25) is 10.1 Å². The van der Waals surface area contributed by atoms with Crippen molar-refractivity contribution in [1.82, 2.24) is 14.2 Å². The van der Waals surface area contributed by atoms with E-state index in [9.17, 15) is 0 Å². The van der Waals surface area contributed by atoms with E-state index < -0.39 is 0 Å². The molecule has 1 N–H and O–H groups in total. The normalized spacial score (nSPS) is 10.2. The largest absolute Gasteiger partial charge is 0.316 e. The summed E-state index contributed by atoms with van der Waals surface area (Å²) in [4.78, 5) is 4.19. The summed E-state index contributed by atoms with van der Waals surface area (Å²) in [7, 11) is 0. The van der Waals surface area contributed by atoms with Crippen LogP contribution in [0.5, 0.6) is 0 Å². The lowest BCUT2D eigenvalue weighted by Crippen LogP contribution is -2.11. The van der Waals surface area contributed by atoms with Crippen molar-refractivity contribution in [2.45, 2.75) is 13.5 Å². The van der Waals surface area contributed by atoms with E-state index in [2.05, 4.69) is 17.3 Å². The lowest BCUT2D eigenvalue weighted by Gasteiger charge is -2.07. The van der Waals surface area contributed by atoms with Crippen LogP contribution >= 0.6 is 0 Å². The predicted molar refractivity (Wildman–Crippen MR) is 51.4 cm³/mol. The molecule has 2 aromatic heterocycles. The summed E-state index contributed by atoms with van der Waals surface area (Å²) < 4.78 is 3.91. The van der Waals surface area contributed by atoms with Gasteiger partial charge < -0.3 is 4.57 Å². The van der Waals surface area contributed by atoms with Crippen LogP contribution in [0.4, 0.5) is 5.95 Å². The van der Waals surface area contributed by atoms with Gasteiger partial charge in [0.25, 0.3) is 0 Å². The molecule has 0 radical (unpaired) electrons. The Bertz CT molecular complexity index is 361. The molecule has 0 atom stereocenters. The van der Waals surface area contributed by atoms with Crippen molar-refractivity contribution in [2.24, 2.45) is 0 Å². The van der Waals surface area contributed by atoms with Gasteiger partial charge in [0.2, 0.25) is 5.95 Å². The predicted octanol–water partition coefficient (Wildman–Crippen LogP) is 1.58. The smallest absolute Gasteiger partial charge is 0.222 e. The Hall–Kier alpha value is -1.71. The minimum absolute atomic E-state index is 0.860. The van der Waals surface area contributed by atoms with Gasteiger partial charge in [0.15, 0.2) is 0 Å². The molecule has 0 spiro atoms. The molecule has 4 nitrogen and oxygen atoms in total. The molecule has 2 heterocycles. The number of hydrogen-bond acceptors (Lipinski definition) is 2. The van der Waals surface area contributed by atoms with E-state index in [0.29, 0.717) is 0 Å². The van der Waals surface area contributed by atoms with Gasteiger partial charge in [-0.1, -0.05) is 0 Å². The Balaban J connectivity index is 2.18. The van der Waals surface area contributed by atoms with Gasteiger partial charge in [0.05, 0.1) is 0 Å². The maximum Gasteiger partial charge on any atom is 0.222 e. The second-order valence-electron chi connectivity index (χ2n) is 2.74. The van der Waals surface area contributed by atoms with Gasteiger partial charge in [-0.15, -0.1) is 0 Å². The third-order valence-corrected chi connectivity index (χ3v) is 1.89. The van der Waals surface area contributed by atoms with Crippen LogP contribution in [-0.2, 0) is 6.54 Å². The molecule has 2 aromatic rings. The van der Waals surface area contributed by atoms with Crippen molar-refractivity contribution in [1.29, 1.82) is 0 Å². The maximum atomic E-state index is 4.19. The molecule has 0 aliphatic rings. The fourth-order valence-corrected chi connectivity index (χ4v) is 1.20. The van der Waals surface area contributed by atoms with Crippen LogP contribution < -0.4 is 5.43 Å². The molecule has 0 fully saturated rings. The van der Waals surface area contributed by atoms with Gasteiger partial charge in [-0.25, -0.2) is 4.98 Å². The highest BCUT2D eigenvalue weighted by Gasteiger charge is 1.98. The second kappa shape index (κ2) is 3.35. The summed E-state index contributed by atoms with van der Waals surface area (Å²) >= 11 is 0. The summed E-state index contributed by atoms with van der Waals surface area (Å²) in [6.45, 7) is 3.01. The molecule has 0 aromatic carbocycles. The van der Waals surface area contributed by atoms with Crippen molar-refractivity contribution in [2.75, 3.05) is 5.43 Å². The van der Waals surface area contributed by atoms with Crippen molar-refractivity contribution < 1.29 is 0 Å². The first-order valence-corrected chi connectivity index (χ1v) is 4.31. The summed E-state index contributed by atoms with van der Waals surface area (Å²) in [5.41, 5.74) is 3.15. The molecule has 4 heteroatoms. The summed E-state index contributed by atoms with van der Waals surface area (Å²) in [5.74, 6) is 0.860. The average Bonchev–Trinajstić information content (AvgIpc) is 2.76. The van der Waals surface area contributed by atoms with Crippen LogP contribution in [0.15, 0.2) is 36.9 Å². The van der Waals surface area contributed by atoms with Crippen molar-refractivity contribution in [3.63, 3.8) is 0 Å². The molecule has 68 valence electrons. The zero-order chi connectivity index (χ0) is 9.10. The van der Waals surface area contributed by atoms with E-state index in [0.717, 1.165) is 12.5 Å². The SMILES string of the molecule is CCn1ccnc1Nn1cccc1. The van der Waals surface area contributed by atoms with E-state index in [1.54, 1.807) is 6.20 Å². The fourth-order valence-electron chi connectivity index (χ4n) is 1.20. The first kappa shape index (κ1) is 7.91. The molecular weight excluding hydrogens is 164 g/mol. The van der Waals surface area contributed by atoms with Gasteiger partial charge >= 0.3 is 0 Å². The molecular formula is C9H12N4. The molecule has 0 saturated carbocycles. The van der Waals surface area contributed by atoms with Gasteiger partial charge in [-0.2, -0.15) is 0 Å². The molecule has 0 aliphatic heterocycles. The zero-order valence-electron chi connectivity index (χ0n) is 7.51. The number of aryl methyl sites for hydroxylation is 1. The second-order valence-corrected chi connectivity index (χ2v) is 2.74. The van der Waals surface area contributed by atoms with Crippen LogP contribution in [0.2, 0.25) is 0 Å². The Morgan fingerprint density at radius 3 is 2.77 bits per heavy atom. The monoisotopic (exact) mass is 176 g/mol.